The number of benzene rings is 1. The molecule has 2 aromatic rings. The molecule has 1 aromatic carbocycles. The van der Waals surface area contributed by atoms with Crippen molar-refractivity contribution in [3.63, 3.8) is 0 Å². The van der Waals surface area contributed by atoms with Gasteiger partial charge >= 0.3 is 0 Å². The molecule has 1 aromatic heterocycles. The predicted octanol–water partition coefficient (Wildman–Crippen LogP) is 2.83. The third-order valence-electron chi connectivity index (χ3n) is 2.05. The van der Waals surface area contributed by atoms with E-state index < -0.39 is 5.82 Å². The Labute approximate surface area is 99.3 Å². The number of hydrogen-bond donors (Lipinski definition) is 1. The Hall–Kier alpha value is -1.56. The summed E-state index contributed by atoms with van der Waals surface area (Å²) in [5, 5.41) is 3.53. The Bertz CT molecular complexity index is 528. The average Bonchev–Trinajstić information content (AvgIpc) is 2.68. The minimum Gasteiger partial charge on any atom is -0.493 e. The van der Waals surface area contributed by atoms with Crippen molar-refractivity contribution in [2.24, 2.45) is 0 Å². The van der Waals surface area contributed by atoms with Crippen LogP contribution in [-0.4, -0.2) is 12.3 Å². The minimum atomic E-state index is -0.491. The number of aromatic nitrogens is 1. The van der Waals surface area contributed by atoms with Crippen molar-refractivity contribution in [1.82, 2.24) is 5.16 Å². The van der Waals surface area contributed by atoms with Gasteiger partial charge in [0.15, 0.2) is 23.1 Å². The first-order valence-corrected chi connectivity index (χ1v) is 5.17. The van der Waals surface area contributed by atoms with E-state index in [9.17, 15) is 4.39 Å². The highest BCUT2D eigenvalue weighted by molar-refractivity contribution is 9.10. The summed E-state index contributed by atoms with van der Waals surface area (Å²) in [5.41, 5.74) is 5.89. The first-order valence-electron chi connectivity index (χ1n) is 4.38. The molecule has 0 bridgehead atoms. The molecule has 0 fully saturated rings. The Balaban J connectivity index is 2.61. The number of methoxy groups -OCH3 is 1. The van der Waals surface area contributed by atoms with Gasteiger partial charge in [0.05, 0.1) is 17.1 Å². The third kappa shape index (κ3) is 1.76. The molecule has 0 unspecified atom stereocenters. The molecule has 0 spiro atoms. The minimum absolute atomic E-state index is 0.0884. The Morgan fingerprint density at radius 3 is 2.81 bits per heavy atom. The van der Waals surface area contributed by atoms with Gasteiger partial charge in [-0.3, -0.25) is 0 Å². The lowest BCUT2D eigenvalue weighted by molar-refractivity contribution is 0.382. The molecule has 0 atom stereocenters. The highest BCUT2D eigenvalue weighted by Gasteiger charge is 2.17. The fourth-order valence-electron chi connectivity index (χ4n) is 1.34. The fourth-order valence-corrected chi connectivity index (χ4v) is 1.65. The van der Waals surface area contributed by atoms with Gasteiger partial charge in [0.2, 0.25) is 0 Å². The van der Waals surface area contributed by atoms with Gasteiger partial charge in [0, 0.05) is 6.07 Å². The van der Waals surface area contributed by atoms with Crippen LogP contribution in [0.1, 0.15) is 0 Å². The van der Waals surface area contributed by atoms with E-state index >= 15 is 0 Å². The molecule has 84 valence electrons. The van der Waals surface area contributed by atoms with Crippen molar-refractivity contribution < 1.29 is 13.7 Å². The smallest absolute Gasteiger partial charge is 0.179 e. The van der Waals surface area contributed by atoms with Crippen LogP contribution in [0.15, 0.2) is 27.2 Å². The number of nitrogen functional groups attached to an aromatic ring is 1. The van der Waals surface area contributed by atoms with Gasteiger partial charge in [-0.15, -0.1) is 0 Å². The topological polar surface area (TPSA) is 61.3 Å². The third-order valence-corrected chi connectivity index (χ3v) is 2.66. The van der Waals surface area contributed by atoms with E-state index in [1.165, 1.54) is 13.2 Å². The number of ether oxygens (including phenoxy) is 1. The van der Waals surface area contributed by atoms with Crippen LogP contribution in [0.4, 0.5) is 10.2 Å². The average molecular weight is 287 g/mol. The number of rotatable bonds is 2. The lowest BCUT2D eigenvalue weighted by atomic mass is 10.1. The second kappa shape index (κ2) is 4.13. The van der Waals surface area contributed by atoms with E-state index in [0.717, 1.165) is 0 Å². The summed E-state index contributed by atoms with van der Waals surface area (Å²) in [6.07, 6.45) is 0. The van der Waals surface area contributed by atoms with Crippen LogP contribution >= 0.6 is 15.9 Å². The molecular formula is C10H8BrFN2O2. The van der Waals surface area contributed by atoms with Crippen LogP contribution in [0.2, 0.25) is 0 Å². The Morgan fingerprint density at radius 1 is 1.50 bits per heavy atom. The van der Waals surface area contributed by atoms with Gasteiger partial charge in [-0.1, -0.05) is 5.16 Å². The van der Waals surface area contributed by atoms with E-state index in [1.807, 2.05) is 0 Å². The monoisotopic (exact) mass is 286 g/mol. The SMILES string of the molecule is COc1c(-c2cc(N)no2)ccc(Br)c1F. The highest BCUT2D eigenvalue weighted by atomic mass is 79.9. The summed E-state index contributed by atoms with van der Waals surface area (Å²) < 4.78 is 23.9. The lowest BCUT2D eigenvalue weighted by Crippen LogP contribution is -1.92. The van der Waals surface area contributed by atoms with Crippen molar-refractivity contribution in [2.45, 2.75) is 0 Å². The summed E-state index contributed by atoms with van der Waals surface area (Å²) >= 11 is 3.07. The summed E-state index contributed by atoms with van der Waals surface area (Å²) in [6, 6.07) is 4.73. The Kier molecular flexibility index (Phi) is 2.82. The predicted molar refractivity (Wildman–Crippen MR) is 60.6 cm³/mol. The van der Waals surface area contributed by atoms with E-state index in [2.05, 4.69) is 21.1 Å². The molecule has 2 rings (SSSR count). The maximum Gasteiger partial charge on any atom is 0.179 e. The summed E-state index contributed by atoms with van der Waals surface area (Å²) in [6.45, 7) is 0. The van der Waals surface area contributed by atoms with Crippen molar-refractivity contribution in [1.29, 1.82) is 0 Å². The molecule has 0 saturated heterocycles. The molecule has 0 aliphatic heterocycles. The van der Waals surface area contributed by atoms with Gasteiger partial charge in [0.25, 0.3) is 0 Å². The summed E-state index contributed by atoms with van der Waals surface area (Å²) in [4.78, 5) is 0. The number of halogens is 2. The van der Waals surface area contributed by atoms with E-state index in [0.29, 0.717) is 15.8 Å². The standard InChI is InChI=1S/C10H8BrFN2O2/c1-15-10-5(2-3-6(11)9(10)12)7-4-8(13)14-16-7/h2-4H,1H3,(H2,13,14). The highest BCUT2D eigenvalue weighted by Crippen LogP contribution is 2.36. The molecular weight excluding hydrogens is 279 g/mol. The number of anilines is 1. The van der Waals surface area contributed by atoms with E-state index in [-0.39, 0.29) is 11.6 Å². The maximum absolute atomic E-state index is 13.7. The van der Waals surface area contributed by atoms with Crippen LogP contribution in [-0.2, 0) is 0 Å². The normalized spacial score (nSPS) is 10.4. The zero-order valence-corrected chi connectivity index (χ0v) is 9.92. The van der Waals surface area contributed by atoms with Crippen LogP contribution in [0.25, 0.3) is 11.3 Å². The molecule has 0 saturated carbocycles. The number of nitrogens with two attached hydrogens (primary N) is 1. The molecule has 0 radical (unpaired) electrons. The molecule has 6 heteroatoms. The number of nitrogens with zero attached hydrogens (tertiary/aromatic N) is 1. The molecule has 16 heavy (non-hydrogen) atoms. The largest absolute Gasteiger partial charge is 0.493 e. The zero-order valence-electron chi connectivity index (χ0n) is 8.33. The molecule has 2 N–H and O–H groups in total. The van der Waals surface area contributed by atoms with Gasteiger partial charge in [0.1, 0.15) is 0 Å². The summed E-state index contributed by atoms with van der Waals surface area (Å²) in [5.74, 6) is 0.196. The first kappa shape index (κ1) is 10.9. The zero-order chi connectivity index (χ0) is 11.7. The van der Waals surface area contributed by atoms with Crippen molar-refractivity contribution in [2.75, 3.05) is 12.8 Å². The van der Waals surface area contributed by atoms with Gasteiger partial charge < -0.3 is 15.0 Å². The maximum atomic E-state index is 13.7. The van der Waals surface area contributed by atoms with Crippen molar-refractivity contribution >= 4 is 21.7 Å². The second-order valence-electron chi connectivity index (χ2n) is 3.06. The lowest BCUT2D eigenvalue weighted by Gasteiger charge is -2.07. The van der Waals surface area contributed by atoms with Crippen molar-refractivity contribution in [3.8, 4) is 17.1 Å². The first-order chi connectivity index (χ1) is 7.63. The van der Waals surface area contributed by atoms with Gasteiger partial charge in [-0.05, 0) is 28.1 Å². The van der Waals surface area contributed by atoms with E-state index in [1.54, 1.807) is 12.1 Å². The van der Waals surface area contributed by atoms with Gasteiger partial charge in [-0.25, -0.2) is 4.39 Å². The van der Waals surface area contributed by atoms with Crippen molar-refractivity contribution in [3.05, 3.63) is 28.5 Å². The number of hydrogen-bond acceptors (Lipinski definition) is 4. The summed E-state index contributed by atoms with van der Waals surface area (Å²) in [7, 11) is 1.38. The molecule has 0 amide bonds. The quantitative estimate of drug-likeness (QED) is 0.922. The fraction of sp³-hybridized carbons (Fsp3) is 0.100. The van der Waals surface area contributed by atoms with Crippen LogP contribution in [0.5, 0.6) is 5.75 Å². The molecule has 0 aliphatic rings. The van der Waals surface area contributed by atoms with Gasteiger partial charge in [-0.2, -0.15) is 0 Å². The Morgan fingerprint density at radius 2 is 2.25 bits per heavy atom. The second-order valence-corrected chi connectivity index (χ2v) is 3.91. The molecule has 1 heterocycles. The van der Waals surface area contributed by atoms with Crippen LogP contribution in [0, 0.1) is 5.82 Å². The molecule has 0 aliphatic carbocycles. The van der Waals surface area contributed by atoms with Crippen LogP contribution in [0.3, 0.4) is 0 Å². The van der Waals surface area contributed by atoms with Crippen LogP contribution < -0.4 is 10.5 Å². The molecule has 4 nitrogen and oxygen atoms in total. The van der Waals surface area contributed by atoms with E-state index in [4.69, 9.17) is 15.0 Å².